The number of hydrogen-bond acceptors (Lipinski definition) is 12. The lowest BCUT2D eigenvalue weighted by molar-refractivity contribution is -0.173. The lowest BCUT2D eigenvalue weighted by Crippen LogP contribution is -2.25. The standard InChI is InChI=1S/C19H29ClO5.C16H22O5.C4H7ClO.CH4O/c1-5-6-16-7-8-17(18(14-16)21-3)24-12-11-23-15(2)13-19(22-4)25-10-9-20;1-4-5-14-6-7-16(15(10-14)11-17)20-9-8-19-13(3)21-12(2)18;1-2-6-4-3-5;1-2/h5,7-8,14-15,19H,1,6,9-13H2,2-4H3;4,6-7,10,13,17H,1,5,8-9,11H2,2-3H3;2H,1,3-4H2;2H,1H3. The highest BCUT2D eigenvalue weighted by Gasteiger charge is 2.14. The number of alkyl halides is 2. The van der Waals surface area contributed by atoms with Gasteiger partial charge in [0.1, 0.15) is 25.6 Å². The van der Waals surface area contributed by atoms with E-state index in [2.05, 4.69) is 24.5 Å². The van der Waals surface area contributed by atoms with Crippen LogP contribution < -0.4 is 14.2 Å². The molecule has 0 aliphatic heterocycles. The smallest absolute Gasteiger partial charge is 0.304 e. The highest BCUT2D eigenvalue weighted by atomic mass is 35.5. The Morgan fingerprint density at radius 1 is 0.778 bits per heavy atom. The Bertz CT molecular complexity index is 1250. The van der Waals surface area contributed by atoms with Gasteiger partial charge in [-0.1, -0.05) is 30.9 Å². The van der Waals surface area contributed by atoms with Gasteiger partial charge < -0.3 is 52.8 Å². The predicted molar refractivity (Wildman–Crippen MR) is 214 cm³/mol. The number of esters is 1. The van der Waals surface area contributed by atoms with Crippen LogP contribution in [0.5, 0.6) is 17.2 Å². The number of ether oxygens (including phenoxy) is 9. The molecule has 0 saturated heterocycles. The molecule has 0 radical (unpaired) electrons. The van der Waals surface area contributed by atoms with Gasteiger partial charge in [0, 0.05) is 39.0 Å². The van der Waals surface area contributed by atoms with Gasteiger partial charge in [0.05, 0.1) is 51.8 Å². The zero-order chi connectivity index (χ0) is 41.0. The normalized spacial score (nSPS) is 11.7. The molecular weight excluding hydrogens is 743 g/mol. The summed E-state index contributed by atoms with van der Waals surface area (Å²) < 4.78 is 47.8. The second-order valence-electron chi connectivity index (χ2n) is 10.7. The third kappa shape index (κ3) is 27.3. The Morgan fingerprint density at radius 3 is 1.85 bits per heavy atom. The van der Waals surface area contributed by atoms with E-state index >= 15 is 0 Å². The quantitative estimate of drug-likeness (QED) is 0.0252. The van der Waals surface area contributed by atoms with Crippen molar-refractivity contribution in [1.29, 1.82) is 0 Å². The first-order valence-corrected chi connectivity index (χ1v) is 18.4. The lowest BCUT2D eigenvalue weighted by Gasteiger charge is -2.20. The molecule has 2 aromatic carbocycles. The van der Waals surface area contributed by atoms with Crippen LogP contribution >= 0.6 is 23.2 Å². The van der Waals surface area contributed by atoms with E-state index in [9.17, 15) is 9.90 Å². The van der Waals surface area contributed by atoms with Crippen LogP contribution in [0.1, 0.15) is 43.9 Å². The SMILES string of the molecule is C=CCc1ccc(OCCOC(C)CC(OC)OCCCl)c(OC)c1.C=CCc1ccc(OCCOC(C)OC(C)=O)c(CO)c1.C=COCCCl.CO. The minimum absolute atomic E-state index is 0.0132. The first kappa shape index (κ1) is 52.8. The van der Waals surface area contributed by atoms with Gasteiger partial charge in [-0.25, -0.2) is 0 Å². The average Bonchev–Trinajstić information content (AvgIpc) is 3.17. The van der Waals surface area contributed by atoms with Crippen LogP contribution in [0.2, 0.25) is 0 Å². The number of hydrogen-bond donors (Lipinski definition) is 2. The van der Waals surface area contributed by atoms with Crippen molar-refractivity contribution in [2.24, 2.45) is 0 Å². The van der Waals surface area contributed by atoms with Crippen LogP contribution in [0.15, 0.2) is 74.5 Å². The first-order chi connectivity index (χ1) is 26.1. The molecule has 2 rings (SSSR count). The molecule has 308 valence electrons. The molecule has 0 aliphatic carbocycles. The molecule has 3 atom stereocenters. The highest BCUT2D eigenvalue weighted by molar-refractivity contribution is 6.18. The van der Waals surface area contributed by atoms with Gasteiger partial charge in [-0.3, -0.25) is 4.79 Å². The fourth-order valence-electron chi connectivity index (χ4n) is 4.23. The van der Waals surface area contributed by atoms with Crippen LogP contribution in [-0.2, 0) is 52.7 Å². The van der Waals surface area contributed by atoms with Gasteiger partial charge in [0.25, 0.3) is 0 Å². The Kier molecular flexibility index (Phi) is 35.8. The number of rotatable bonds is 26. The maximum Gasteiger partial charge on any atom is 0.304 e. The molecule has 3 unspecified atom stereocenters. The molecule has 0 heterocycles. The third-order valence-corrected chi connectivity index (χ3v) is 6.84. The van der Waals surface area contributed by atoms with Gasteiger partial charge in [-0.05, 0) is 62.1 Å². The average molecular weight is 806 g/mol. The third-order valence-electron chi connectivity index (χ3n) is 6.53. The fourth-order valence-corrected chi connectivity index (χ4v) is 4.40. The number of carbonyl (C=O) groups excluding carboxylic acids is 1. The number of carbonyl (C=O) groups is 1. The first-order valence-electron chi connectivity index (χ1n) is 17.3. The molecule has 54 heavy (non-hydrogen) atoms. The molecule has 0 bridgehead atoms. The molecular formula is C40H62Cl2O12. The fraction of sp³-hybridized carbons (Fsp3) is 0.525. The minimum Gasteiger partial charge on any atom is -0.501 e. The molecule has 14 heteroatoms. The number of aliphatic hydroxyl groups excluding tert-OH is 2. The Hall–Kier alpha value is -3.33. The molecule has 0 fully saturated rings. The predicted octanol–water partition coefficient (Wildman–Crippen LogP) is 7.03. The molecule has 2 N–H and O–H groups in total. The van der Waals surface area contributed by atoms with E-state index in [0.717, 1.165) is 36.6 Å². The van der Waals surface area contributed by atoms with Crippen LogP contribution in [0.4, 0.5) is 0 Å². The summed E-state index contributed by atoms with van der Waals surface area (Å²) in [6.07, 6.45) is 6.29. The topological polar surface area (TPSA) is 141 Å². The number of aliphatic hydroxyl groups is 2. The van der Waals surface area contributed by atoms with Crippen molar-refractivity contribution < 1.29 is 57.6 Å². The molecule has 0 aliphatic rings. The van der Waals surface area contributed by atoms with E-state index < -0.39 is 6.29 Å². The second kappa shape index (κ2) is 36.6. The van der Waals surface area contributed by atoms with Crippen LogP contribution in [0.3, 0.4) is 0 Å². The molecule has 0 aromatic heterocycles. The van der Waals surface area contributed by atoms with Crippen molar-refractivity contribution in [1.82, 2.24) is 0 Å². The summed E-state index contributed by atoms with van der Waals surface area (Å²) in [5.41, 5.74) is 2.93. The largest absolute Gasteiger partial charge is 0.501 e. The molecule has 0 saturated carbocycles. The summed E-state index contributed by atoms with van der Waals surface area (Å²) in [7, 11) is 4.24. The summed E-state index contributed by atoms with van der Waals surface area (Å²) in [5.74, 6) is 2.62. The van der Waals surface area contributed by atoms with Crippen molar-refractivity contribution in [3.63, 3.8) is 0 Å². The van der Waals surface area contributed by atoms with Gasteiger partial charge in [-0.2, -0.15) is 0 Å². The monoisotopic (exact) mass is 804 g/mol. The van der Waals surface area contributed by atoms with E-state index in [1.165, 1.54) is 13.2 Å². The molecule has 12 nitrogen and oxygen atoms in total. The van der Waals surface area contributed by atoms with Gasteiger partial charge >= 0.3 is 5.97 Å². The van der Waals surface area contributed by atoms with Crippen molar-refractivity contribution in [3.05, 3.63) is 91.2 Å². The Labute approximate surface area is 332 Å². The summed E-state index contributed by atoms with van der Waals surface area (Å²) in [6, 6.07) is 11.5. The zero-order valence-corrected chi connectivity index (χ0v) is 34.3. The number of halogens is 2. The van der Waals surface area contributed by atoms with Crippen molar-refractivity contribution >= 4 is 29.2 Å². The Balaban J connectivity index is 0. The second-order valence-corrected chi connectivity index (χ2v) is 11.4. The number of methoxy groups -OCH3 is 2. The molecule has 2 aromatic rings. The van der Waals surface area contributed by atoms with E-state index in [1.54, 1.807) is 27.2 Å². The van der Waals surface area contributed by atoms with Crippen molar-refractivity contribution in [2.75, 3.05) is 72.7 Å². The van der Waals surface area contributed by atoms with E-state index in [-0.39, 0.29) is 31.6 Å². The van der Waals surface area contributed by atoms with E-state index in [0.29, 0.717) is 68.5 Å². The highest BCUT2D eigenvalue weighted by Crippen LogP contribution is 2.28. The summed E-state index contributed by atoms with van der Waals surface area (Å²) in [6.45, 7) is 18.1. The van der Waals surface area contributed by atoms with E-state index in [1.807, 2.05) is 49.4 Å². The number of allylic oxidation sites excluding steroid dienone is 2. The van der Waals surface area contributed by atoms with Crippen LogP contribution in [-0.4, -0.2) is 108 Å². The summed E-state index contributed by atoms with van der Waals surface area (Å²) in [4.78, 5) is 10.7. The Morgan fingerprint density at radius 2 is 1.35 bits per heavy atom. The van der Waals surface area contributed by atoms with E-state index in [4.69, 9.17) is 66.2 Å². The number of benzene rings is 2. The summed E-state index contributed by atoms with van der Waals surface area (Å²) >= 11 is 10.8. The van der Waals surface area contributed by atoms with Crippen LogP contribution in [0, 0.1) is 0 Å². The maximum absolute atomic E-state index is 10.7. The molecule has 0 amide bonds. The zero-order valence-electron chi connectivity index (χ0n) is 32.8. The summed E-state index contributed by atoms with van der Waals surface area (Å²) in [5, 5.41) is 16.4. The van der Waals surface area contributed by atoms with Crippen molar-refractivity contribution in [2.45, 2.75) is 65.3 Å². The van der Waals surface area contributed by atoms with Gasteiger partial charge in [0.2, 0.25) is 0 Å². The van der Waals surface area contributed by atoms with Crippen molar-refractivity contribution in [3.8, 4) is 17.2 Å². The lowest BCUT2D eigenvalue weighted by atomic mass is 10.1. The van der Waals surface area contributed by atoms with Crippen LogP contribution in [0.25, 0.3) is 0 Å². The van der Waals surface area contributed by atoms with Gasteiger partial charge in [0.15, 0.2) is 24.1 Å². The molecule has 0 spiro atoms. The van der Waals surface area contributed by atoms with Gasteiger partial charge in [-0.15, -0.1) is 36.4 Å². The maximum atomic E-state index is 10.7. The minimum atomic E-state index is -0.599.